The van der Waals surface area contributed by atoms with Crippen LogP contribution in [0, 0.1) is 11.8 Å². The fourth-order valence-corrected chi connectivity index (χ4v) is 15.6. The van der Waals surface area contributed by atoms with Crippen molar-refractivity contribution in [2.75, 3.05) is 39.6 Å². The Morgan fingerprint density at radius 2 is 0.440 bits per heavy atom. The Morgan fingerprint density at radius 3 is 0.651 bits per heavy atom. The van der Waals surface area contributed by atoms with E-state index in [2.05, 4.69) is 41.5 Å². The molecule has 0 aliphatic rings. The van der Waals surface area contributed by atoms with Gasteiger partial charge in [0.05, 0.1) is 26.4 Å². The molecule has 0 aliphatic heterocycles. The van der Waals surface area contributed by atoms with E-state index < -0.39 is 97.5 Å². The van der Waals surface area contributed by atoms with Crippen molar-refractivity contribution < 1.29 is 80.2 Å². The van der Waals surface area contributed by atoms with Gasteiger partial charge in [-0.25, -0.2) is 9.13 Å². The Kier molecular flexibility index (Phi) is 79.8. The SMILES string of the molecule is CCCCCCCCCCCCCCCCC(=O)O[C@H](COC(=O)CCCCCCCCCCCCC)COP(=O)(O)OC[C@H](O)COP(=O)(O)OC[C@@H](COC(=O)CCCCCCCCCCCCCCCCCCCCC(C)CC)OC(=O)CCCCCCCCCCCCCCCCCCCCC(C)CC. The van der Waals surface area contributed by atoms with Gasteiger partial charge < -0.3 is 33.8 Å². The molecule has 0 saturated heterocycles. The number of rotatable bonds is 89. The molecule has 7 atom stereocenters. The zero-order chi connectivity index (χ0) is 79.9. The van der Waals surface area contributed by atoms with Crippen LogP contribution in [0.15, 0.2) is 0 Å². The number of hydrogen-bond donors (Lipinski definition) is 3. The van der Waals surface area contributed by atoms with Crippen molar-refractivity contribution in [3.63, 3.8) is 0 Å². The van der Waals surface area contributed by atoms with E-state index in [4.69, 9.17) is 37.0 Å². The summed E-state index contributed by atoms with van der Waals surface area (Å²) in [5, 5.41) is 10.7. The molecule has 19 heteroatoms. The van der Waals surface area contributed by atoms with Crippen LogP contribution in [0.5, 0.6) is 0 Å². The second-order valence-electron chi connectivity index (χ2n) is 32.8. The van der Waals surface area contributed by atoms with Crippen LogP contribution in [-0.4, -0.2) is 96.7 Å². The quantitative estimate of drug-likeness (QED) is 0.0222. The van der Waals surface area contributed by atoms with Gasteiger partial charge in [-0.05, 0) is 37.5 Å². The predicted molar refractivity (Wildman–Crippen MR) is 451 cm³/mol. The van der Waals surface area contributed by atoms with E-state index in [-0.39, 0.29) is 25.7 Å². The fourth-order valence-electron chi connectivity index (χ4n) is 14.1. The highest BCUT2D eigenvalue weighted by Gasteiger charge is 2.31. The van der Waals surface area contributed by atoms with E-state index in [1.165, 1.54) is 302 Å². The van der Waals surface area contributed by atoms with Gasteiger partial charge in [-0.3, -0.25) is 37.3 Å². The van der Waals surface area contributed by atoms with Gasteiger partial charge in [0.2, 0.25) is 0 Å². The summed E-state index contributed by atoms with van der Waals surface area (Å²) in [6.45, 7) is 9.83. The molecule has 4 unspecified atom stereocenters. The van der Waals surface area contributed by atoms with Gasteiger partial charge in [-0.15, -0.1) is 0 Å². The molecule has 0 bridgehead atoms. The molecule has 0 aromatic rings. The first-order valence-corrected chi connectivity index (χ1v) is 49.6. The number of aliphatic hydroxyl groups excluding tert-OH is 1. The maximum absolute atomic E-state index is 13.2. The minimum atomic E-state index is -4.97. The molecule has 0 heterocycles. The standard InChI is InChI=1S/C90H176O17P2/c1-7-11-13-15-17-19-21-22-37-44-50-56-62-68-74-89(94)106-85(78-100-87(92)72-66-60-54-48-40-20-18-16-14-12-8-2)80-104-108(96,97)102-76-84(91)77-103-109(98,99)105-81-86(107-90(95)75-69-63-57-51-45-39-34-30-26-24-28-32-36-42-47-53-59-65-71-83(6)10-4)79-101-88(93)73-67-61-55-49-43-38-33-29-25-23-27-31-35-41-46-52-58-64-70-82(5)9-3/h82-86,91H,7-81H2,1-6H3,(H,96,97)(H,98,99)/t82?,83?,84-,85+,86+/m0/s1. The molecule has 0 saturated carbocycles. The van der Waals surface area contributed by atoms with Crippen molar-refractivity contribution in [2.24, 2.45) is 11.8 Å². The lowest BCUT2D eigenvalue weighted by Gasteiger charge is -2.21. The summed E-state index contributed by atoms with van der Waals surface area (Å²) in [5.41, 5.74) is 0. The van der Waals surface area contributed by atoms with Crippen molar-refractivity contribution in [2.45, 2.75) is 503 Å². The Morgan fingerprint density at radius 1 is 0.257 bits per heavy atom. The van der Waals surface area contributed by atoms with Gasteiger partial charge in [0.1, 0.15) is 19.3 Å². The summed E-state index contributed by atoms with van der Waals surface area (Å²) in [6, 6.07) is 0. The molecule has 0 radical (unpaired) electrons. The summed E-state index contributed by atoms with van der Waals surface area (Å²) in [5.74, 6) is -0.351. The fraction of sp³-hybridized carbons (Fsp3) is 0.956. The van der Waals surface area contributed by atoms with Crippen LogP contribution >= 0.6 is 15.6 Å². The Bertz CT molecular complexity index is 2080. The molecule has 0 amide bonds. The van der Waals surface area contributed by atoms with Crippen molar-refractivity contribution >= 4 is 39.5 Å². The highest BCUT2D eigenvalue weighted by Crippen LogP contribution is 2.45. The number of ether oxygens (including phenoxy) is 4. The second kappa shape index (κ2) is 81.2. The molecule has 3 N–H and O–H groups in total. The van der Waals surface area contributed by atoms with Gasteiger partial charge in [0.15, 0.2) is 12.2 Å². The average Bonchev–Trinajstić information content (AvgIpc) is 0.892. The molecule has 0 aliphatic carbocycles. The molecular weight excluding hydrogens is 1410 g/mol. The summed E-state index contributed by atoms with van der Waals surface area (Å²) < 4.78 is 69.0. The van der Waals surface area contributed by atoms with E-state index in [1.807, 2.05) is 0 Å². The van der Waals surface area contributed by atoms with Gasteiger partial charge in [-0.2, -0.15) is 0 Å². The second-order valence-corrected chi connectivity index (χ2v) is 35.7. The number of unbranched alkanes of at least 4 members (excludes halogenated alkanes) is 57. The third kappa shape index (κ3) is 81.0. The minimum Gasteiger partial charge on any atom is -0.462 e. The molecular formula is C90H176O17P2. The molecule has 0 aromatic heterocycles. The van der Waals surface area contributed by atoms with E-state index in [0.717, 1.165) is 102 Å². The van der Waals surface area contributed by atoms with E-state index >= 15 is 0 Å². The van der Waals surface area contributed by atoms with Crippen LogP contribution in [0.25, 0.3) is 0 Å². The smallest absolute Gasteiger partial charge is 0.462 e. The average molecular weight is 1590 g/mol. The Balaban J connectivity index is 5.22. The van der Waals surface area contributed by atoms with Crippen LogP contribution in [0.4, 0.5) is 0 Å². The monoisotopic (exact) mass is 1590 g/mol. The maximum Gasteiger partial charge on any atom is 0.472 e. The van der Waals surface area contributed by atoms with Gasteiger partial charge >= 0.3 is 39.5 Å². The summed E-state index contributed by atoms with van der Waals surface area (Å²) >= 11 is 0. The van der Waals surface area contributed by atoms with E-state index in [1.54, 1.807) is 0 Å². The summed E-state index contributed by atoms with van der Waals surface area (Å²) in [6.07, 6.45) is 74.9. The number of carbonyl (C=O) groups is 4. The van der Waals surface area contributed by atoms with Gasteiger partial charge in [0, 0.05) is 25.7 Å². The Hall–Kier alpha value is -1.94. The highest BCUT2D eigenvalue weighted by atomic mass is 31.2. The lowest BCUT2D eigenvalue weighted by Crippen LogP contribution is -2.30. The first-order chi connectivity index (χ1) is 52.9. The topological polar surface area (TPSA) is 237 Å². The van der Waals surface area contributed by atoms with Crippen LogP contribution in [0.2, 0.25) is 0 Å². The maximum atomic E-state index is 13.2. The molecule has 0 fully saturated rings. The zero-order valence-electron chi connectivity index (χ0n) is 71.9. The zero-order valence-corrected chi connectivity index (χ0v) is 73.7. The first kappa shape index (κ1) is 107. The van der Waals surface area contributed by atoms with Crippen molar-refractivity contribution in [1.29, 1.82) is 0 Å². The van der Waals surface area contributed by atoms with Crippen molar-refractivity contribution in [1.82, 2.24) is 0 Å². The normalized spacial score (nSPS) is 14.2. The molecule has 17 nitrogen and oxygen atoms in total. The molecule has 0 aromatic carbocycles. The number of carbonyl (C=O) groups excluding carboxylic acids is 4. The number of aliphatic hydroxyl groups is 1. The molecule has 648 valence electrons. The van der Waals surface area contributed by atoms with Crippen LogP contribution in [-0.2, 0) is 65.4 Å². The number of esters is 4. The van der Waals surface area contributed by atoms with Gasteiger partial charge in [-0.1, -0.05) is 433 Å². The third-order valence-corrected chi connectivity index (χ3v) is 23.8. The minimum absolute atomic E-state index is 0.109. The number of hydrogen-bond acceptors (Lipinski definition) is 15. The molecule has 109 heavy (non-hydrogen) atoms. The van der Waals surface area contributed by atoms with Crippen LogP contribution < -0.4 is 0 Å². The molecule has 0 rings (SSSR count). The summed E-state index contributed by atoms with van der Waals surface area (Å²) in [7, 11) is -9.93. The Labute approximate surface area is 670 Å². The van der Waals surface area contributed by atoms with Crippen LogP contribution in [0.3, 0.4) is 0 Å². The van der Waals surface area contributed by atoms with Gasteiger partial charge in [0.25, 0.3) is 0 Å². The van der Waals surface area contributed by atoms with E-state index in [9.17, 15) is 43.2 Å². The first-order valence-electron chi connectivity index (χ1n) is 46.6. The van der Waals surface area contributed by atoms with Crippen molar-refractivity contribution in [3.8, 4) is 0 Å². The van der Waals surface area contributed by atoms with Crippen LogP contribution in [0.1, 0.15) is 485 Å². The molecule has 0 spiro atoms. The predicted octanol–water partition coefficient (Wildman–Crippen LogP) is 27.8. The third-order valence-electron chi connectivity index (χ3n) is 21.9. The number of phosphoric ester groups is 2. The lowest BCUT2D eigenvalue weighted by molar-refractivity contribution is -0.161. The number of phosphoric acid groups is 2. The van der Waals surface area contributed by atoms with Crippen molar-refractivity contribution in [3.05, 3.63) is 0 Å². The lowest BCUT2D eigenvalue weighted by atomic mass is 9.99. The highest BCUT2D eigenvalue weighted by molar-refractivity contribution is 7.47. The largest absolute Gasteiger partial charge is 0.472 e. The van der Waals surface area contributed by atoms with E-state index in [0.29, 0.717) is 25.7 Å². The summed E-state index contributed by atoms with van der Waals surface area (Å²) in [4.78, 5) is 73.3.